The van der Waals surface area contributed by atoms with Crippen molar-refractivity contribution in [3.05, 3.63) is 79.6 Å². The van der Waals surface area contributed by atoms with Gasteiger partial charge in [0.05, 0.1) is 34.8 Å². The Kier molecular flexibility index (Phi) is 8.17. The van der Waals surface area contributed by atoms with Crippen LogP contribution in [0.5, 0.6) is 11.5 Å². The van der Waals surface area contributed by atoms with Gasteiger partial charge in [0.25, 0.3) is 5.91 Å². The molecule has 2 aliphatic heterocycles. The second kappa shape index (κ2) is 12.5. The Hall–Kier alpha value is -4.75. The molecule has 8 rings (SSSR count). The van der Waals surface area contributed by atoms with Gasteiger partial charge in [0.15, 0.2) is 0 Å². The third kappa shape index (κ3) is 6.26. The van der Waals surface area contributed by atoms with Crippen LogP contribution in [0.25, 0.3) is 22.2 Å². The fraction of sp³-hybridized carbons (Fsp3) is 0.421. The number of pyridine rings is 1. The van der Waals surface area contributed by atoms with E-state index in [9.17, 15) is 22.8 Å². The number of hydrogen-bond acceptors (Lipinski definition) is 9. The van der Waals surface area contributed by atoms with Gasteiger partial charge in [-0.25, -0.2) is 13.4 Å². The smallest absolute Gasteiger partial charge is 0.259 e. The maximum absolute atomic E-state index is 14.3. The maximum Gasteiger partial charge on any atom is 0.259 e. The van der Waals surface area contributed by atoms with Crippen LogP contribution in [0, 0.1) is 11.8 Å². The van der Waals surface area contributed by atoms with Gasteiger partial charge in [0.2, 0.25) is 21.8 Å². The normalized spacial score (nSPS) is 30.9. The lowest BCUT2D eigenvalue weighted by atomic mass is 10.0. The number of nitrogens with zero attached hydrogens (tertiary/aromatic N) is 2. The van der Waals surface area contributed by atoms with Crippen LogP contribution in [0.15, 0.2) is 79.6 Å². The van der Waals surface area contributed by atoms with Crippen molar-refractivity contribution in [2.75, 3.05) is 6.54 Å². The molecule has 0 bridgehead atoms. The van der Waals surface area contributed by atoms with Crippen LogP contribution in [0.4, 0.5) is 0 Å². The van der Waals surface area contributed by atoms with Crippen molar-refractivity contribution in [3.8, 4) is 22.8 Å². The summed E-state index contributed by atoms with van der Waals surface area (Å²) >= 11 is 0. The molecule has 6 atom stereocenters. The number of benzene rings is 2. The maximum atomic E-state index is 14.3. The number of nitrogens with two attached hydrogens (primary N) is 1. The lowest BCUT2D eigenvalue weighted by Gasteiger charge is -2.29. The summed E-state index contributed by atoms with van der Waals surface area (Å²) in [6.07, 6.45) is 8.82. The fourth-order valence-corrected chi connectivity index (χ4v) is 9.05. The SMILES string of the molecule is C=COc1ccc2c(O[C@@H]3C[C@H]4C(=O)N[C@]5(C(=O)NS(=O)(=O)C6CC6)CC5/C=C/CCC[C@@H]5CC5(N)C(=O)N4C3)cc(-c3ccccc3)nc2c1. The van der Waals surface area contributed by atoms with Gasteiger partial charge in [-0.15, -0.1) is 0 Å². The molecule has 1 saturated heterocycles. The van der Waals surface area contributed by atoms with E-state index in [4.69, 9.17) is 20.2 Å². The highest BCUT2D eigenvalue weighted by molar-refractivity contribution is 7.91. The monoisotopic (exact) mass is 711 g/mol. The summed E-state index contributed by atoms with van der Waals surface area (Å²) < 4.78 is 40.0. The number of allylic oxidation sites excluding steroid dienone is 1. The molecule has 2 aromatic carbocycles. The van der Waals surface area contributed by atoms with Gasteiger partial charge in [-0.2, -0.15) is 0 Å². The minimum atomic E-state index is -3.85. The van der Waals surface area contributed by atoms with Crippen LogP contribution in [0.1, 0.15) is 51.4 Å². The highest BCUT2D eigenvalue weighted by Gasteiger charge is 2.64. The molecule has 4 N–H and O–H groups in total. The predicted octanol–water partition coefficient (Wildman–Crippen LogP) is 3.71. The van der Waals surface area contributed by atoms with Gasteiger partial charge in [-0.1, -0.05) is 49.1 Å². The average Bonchev–Trinajstić information content (AvgIpc) is 4.06. The third-order valence-corrected chi connectivity index (χ3v) is 12.8. The molecule has 3 amide bonds. The number of sulfonamides is 1. The molecular weight excluding hydrogens is 671 g/mol. The summed E-state index contributed by atoms with van der Waals surface area (Å²) in [5.41, 5.74) is 6.37. The van der Waals surface area contributed by atoms with Crippen molar-refractivity contribution in [2.24, 2.45) is 17.6 Å². The summed E-state index contributed by atoms with van der Waals surface area (Å²) in [6.45, 7) is 3.75. The molecule has 5 aliphatic rings. The molecule has 4 fully saturated rings. The first-order valence-corrected chi connectivity index (χ1v) is 19.1. The molecule has 2 unspecified atom stereocenters. The first-order chi connectivity index (χ1) is 24.5. The Labute approximate surface area is 296 Å². The van der Waals surface area contributed by atoms with Crippen LogP contribution >= 0.6 is 0 Å². The third-order valence-electron chi connectivity index (χ3n) is 11.0. The van der Waals surface area contributed by atoms with Gasteiger partial charge in [-0.05, 0) is 63.0 Å². The predicted molar refractivity (Wildman–Crippen MR) is 190 cm³/mol. The van der Waals surface area contributed by atoms with Gasteiger partial charge in [0.1, 0.15) is 29.2 Å². The molecule has 0 radical (unpaired) electrons. The molecule has 1 aromatic heterocycles. The van der Waals surface area contributed by atoms with E-state index in [0.717, 1.165) is 24.8 Å². The number of nitrogens with one attached hydrogen (secondary N) is 2. The first kappa shape index (κ1) is 33.4. The van der Waals surface area contributed by atoms with E-state index in [1.165, 1.54) is 11.2 Å². The van der Waals surface area contributed by atoms with Crippen LogP contribution in [-0.2, 0) is 24.4 Å². The Balaban J connectivity index is 1.11. The van der Waals surface area contributed by atoms with Crippen molar-refractivity contribution in [2.45, 2.75) is 79.8 Å². The molecule has 3 aliphatic carbocycles. The number of fused-ring (bicyclic) bond motifs is 4. The average molecular weight is 712 g/mol. The van der Waals surface area contributed by atoms with E-state index in [2.05, 4.69) is 16.6 Å². The first-order valence-electron chi connectivity index (χ1n) is 17.6. The van der Waals surface area contributed by atoms with E-state index in [0.29, 0.717) is 47.4 Å². The summed E-state index contributed by atoms with van der Waals surface area (Å²) in [4.78, 5) is 48.4. The Morgan fingerprint density at radius 1 is 1.10 bits per heavy atom. The van der Waals surface area contributed by atoms with Crippen LogP contribution in [0.2, 0.25) is 0 Å². The number of carbonyl (C=O) groups is 3. The topological polar surface area (TPSA) is 170 Å². The van der Waals surface area contributed by atoms with E-state index in [1.807, 2.05) is 54.6 Å². The minimum absolute atomic E-state index is 0.00740. The highest BCUT2D eigenvalue weighted by atomic mass is 32.2. The second-order valence-corrected chi connectivity index (χ2v) is 16.5. The molecule has 12 nitrogen and oxygen atoms in total. The van der Waals surface area contributed by atoms with Crippen LogP contribution in [-0.4, -0.2) is 71.0 Å². The summed E-state index contributed by atoms with van der Waals surface area (Å²) in [5.74, 6) is -0.894. The van der Waals surface area contributed by atoms with E-state index in [1.54, 1.807) is 12.1 Å². The van der Waals surface area contributed by atoms with E-state index in [-0.39, 0.29) is 37.1 Å². The van der Waals surface area contributed by atoms with Crippen molar-refractivity contribution in [3.63, 3.8) is 0 Å². The number of rotatable bonds is 8. The summed E-state index contributed by atoms with van der Waals surface area (Å²) in [7, 11) is -3.85. The standard InChI is InChI=1S/C38H41N5O7S/c1-2-49-26-13-16-29-31(17-26)40-30(23-9-5-3-6-10-23)19-33(29)50-27-18-32-34(44)41-38(35(45)42-51(47,48)28-14-15-28)21-25(38)12-8-4-7-11-24-20-37(24,39)36(46)43(32)22-27/h2-3,5-6,8-10,12-13,16-17,19,24-25,27-28,32H,1,4,7,11,14-15,18,20-22,39H2,(H,41,44)(H,42,45)/b12-8+/t24-,25?,27-,32+,37?,38-/m1/s1. The number of amides is 3. The number of ether oxygens (including phenoxy) is 2. The number of carbonyl (C=O) groups excluding carboxylic acids is 3. The Morgan fingerprint density at radius 3 is 2.67 bits per heavy atom. The molecule has 3 heterocycles. The second-order valence-electron chi connectivity index (χ2n) is 14.5. The zero-order valence-electron chi connectivity index (χ0n) is 28.1. The molecule has 266 valence electrons. The van der Waals surface area contributed by atoms with Crippen LogP contribution in [0.3, 0.4) is 0 Å². The van der Waals surface area contributed by atoms with Gasteiger partial charge in [0, 0.05) is 35.4 Å². The zero-order valence-corrected chi connectivity index (χ0v) is 28.9. The van der Waals surface area contributed by atoms with Crippen molar-refractivity contribution in [1.29, 1.82) is 0 Å². The summed E-state index contributed by atoms with van der Waals surface area (Å²) in [6, 6.07) is 16.0. The van der Waals surface area contributed by atoms with Gasteiger partial charge >= 0.3 is 0 Å². The van der Waals surface area contributed by atoms with Crippen LogP contribution < -0.4 is 25.2 Å². The van der Waals surface area contributed by atoms with E-state index < -0.39 is 50.3 Å². The van der Waals surface area contributed by atoms with Crippen molar-refractivity contribution >= 4 is 38.6 Å². The Morgan fingerprint density at radius 2 is 1.90 bits per heavy atom. The minimum Gasteiger partial charge on any atom is -0.488 e. The molecule has 13 heteroatoms. The fourth-order valence-electron chi connectivity index (χ4n) is 7.68. The molecule has 3 aromatic rings. The largest absolute Gasteiger partial charge is 0.488 e. The lowest BCUT2D eigenvalue weighted by Crippen LogP contribution is -2.58. The van der Waals surface area contributed by atoms with Gasteiger partial charge < -0.3 is 25.4 Å². The Bertz CT molecular complexity index is 2070. The molecular formula is C38H41N5O7S. The van der Waals surface area contributed by atoms with Crippen molar-refractivity contribution in [1.82, 2.24) is 19.9 Å². The van der Waals surface area contributed by atoms with Gasteiger partial charge in [-0.3, -0.25) is 19.1 Å². The quantitative estimate of drug-likeness (QED) is 0.233. The molecule has 3 saturated carbocycles. The lowest BCUT2D eigenvalue weighted by molar-refractivity contribution is -0.141. The van der Waals surface area contributed by atoms with Crippen molar-refractivity contribution < 1.29 is 32.3 Å². The van der Waals surface area contributed by atoms with E-state index >= 15 is 0 Å². The highest BCUT2D eigenvalue weighted by Crippen LogP contribution is 2.49. The number of aromatic nitrogens is 1. The summed E-state index contributed by atoms with van der Waals surface area (Å²) in [5, 5.41) is 3.03. The zero-order chi connectivity index (χ0) is 35.5. The molecule has 51 heavy (non-hydrogen) atoms. The number of hydrogen-bond donors (Lipinski definition) is 3. The molecule has 0 spiro atoms.